The number of carbonyl (C=O) groups is 1. The molecule has 0 bridgehead atoms. The Kier molecular flexibility index (Phi) is 6.29. The number of carbonyl (C=O) groups excluding carboxylic acids is 1. The monoisotopic (exact) mass is 372 g/mol. The van der Waals surface area contributed by atoms with Crippen molar-refractivity contribution >= 4 is 11.6 Å². The number of rotatable bonds is 6. The zero-order chi connectivity index (χ0) is 19.2. The van der Waals surface area contributed by atoms with Crippen molar-refractivity contribution < 1.29 is 18.8 Å². The van der Waals surface area contributed by atoms with Crippen molar-refractivity contribution in [3.63, 3.8) is 0 Å². The number of benzene rings is 2. The van der Waals surface area contributed by atoms with E-state index in [0.717, 1.165) is 37.5 Å². The maximum Gasteiger partial charge on any atom is 0.278 e. The molecule has 1 atom stereocenters. The van der Waals surface area contributed by atoms with Crippen molar-refractivity contribution in [3.8, 4) is 5.75 Å². The quantitative estimate of drug-likeness (QED) is 0.802. The number of amides is 1. The van der Waals surface area contributed by atoms with E-state index in [4.69, 9.17) is 4.74 Å². The van der Waals surface area contributed by atoms with Gasteiger partial charge >= 0.3 is 0 Å². The summed E-state index contributed by atoms with van der Waals surface area (Å²) in [5, 5.41) is 2.96. The number of quaternary nitrogens is 1. The molecule has 1 saturated heterocycles. The van der Waals surface area contributed by atoms with Gasteiger partial charge in [0.15, 0.2) is 6.04 Å². The average molecular weight is 372 g/mol. The largest absolute Gasteiger partial charge is 0.497 e. The SMILES string of the molecule is COc1ccc(N2CC[NH+]([C@@H](C)C(=O)NCc3ccc(F)cc3)CC2)cc1. The van der Waals surface area contributed by atoms with Crippen LogP contribution < -0.4 is 19.9 Å². The van der Waals surface area contributed by atoms with Crippen LogP contribution in [0, 0.1) is 5.82 Å². The van der Waals surface area contributed by atoms with Crippen molar-refractivity contribution in [2.24, 2.45) is 0 Å². The van der Waals surface area contributed by atoms with Gasteiger partial charge < -0.3 is 19.9 Å². The number of halogens is 1. The normalized spacial score (nSPS) is 16.0. The summed E-state index contributed by atoms with van der Waals surface area (Å²) in [5.41, 5.74) is 2.08. The van der Waals surface area contributed by atoms with Gasteiger partial charge in [0.25, 0.3) is 5.91 Å². The number of nitrogens with one attached hydrogen (secondary N) is 2. The molecule has 0 aliphatic carbocycles. The van der Waals surface area contributed by atoms with Crippen LogP contribution in [0.2, 0.25) is 0 Å². The van der Waals surface area contributed by atoms with E-state index in [1.54, 1.807) is 19.2 Å². The fraction of sp³-hybridized carbons (Fsp3) is 0.381. The van der Waals surface area contributed by atoms with Crippen LogP contribution in [0.15, 0.2) is 48.5 Å². The molecule has 1 aliphatic heterocycles. The highest BCUT2D eigenvalue weighted by atomic mass is 19.1. The average Bonchev–Trinajstić information content (AvgIpc) is 2.73. The zero-order valence-corrected chi connectivity index (χ0v) is 15.9. The molecule has 6 heteroatoms. The van der Waals surface area contributed by atoms with Gasteiger partial charge in [-0.1, -0.05) is 12.1 Å². The molecule has 1 fully saturated rings. The number of methoxy groups -OCH3 is 1. The molecule has 2 N–H and O–H groups in total. The first kappa shape index (κ1) is 19.2. The number of nitrogens with zero attached hydrogens (tertiary/aromatic N) is 1. The molecule has 5 nitrogen and oxygen atoms in total. The Bertz CT molecular complexity index is 741. The lowest BCUT2D eigenvalue weighted by atomic mass is 10.1. The Morgan fingerprint density at radius 1 is 1.15 bits per heavy atom. The Balaban J connectivity index is 1.47. The van der Waals surface area contributed by atoms with E-state index in [-0.39, 0.29) is 17.8 Å². The summed E-state index contributed by atoms with van der Waals surface area (Å²) in [6.45, 7) is 6.05. The fourth-order valence-corrected chi connectivity index (χ4v) is 3.41. The van der Waals surface area contributed by atoms with E-state index in [9.17, 15) is 9.18 Å². The minimum Gasteiger partial charge on any atom is -0.497 e. The highest BCUT2D eigenvalue weighted by molar-refractivity contribution is 5.79. The van der Waals surface area contributed by atoms with Gasteiger partial charge in [0, 0.05) is 12.2 Å². The lowest BCUT2D eigenvalue weighted by Gasteiger charge is -2.36. The molecule has 0 aromatic heterocycles. The minimum absolute atomic E-state index is 0.0345. The number of ether oxygens (including phenoxy) is 1. The van der Waals surface area contributed by atoms with Gasteiger partial charge in [0.05, 0.1) is 33.3 Å². The number of hydrogen-bond donors (Lipinski definition) is 2. The summed E-state index contributed by atoms with van der Waals surface area (Å²) in [7, 11) is 1.67. The van der Waals surface area contributed by atoms with Gasteiger partial charge in [0.2, 0.25) is 0 Å². The third-order valence-corrected chi connectivity index (χ3v) is 5.23. The number of hydrogen-bond acceptors (Lipinski definition) is 3. The third kappa shape index (κ3) is 4.98. The summed E-state index contributed by atoms with van der Waals surface area (Å²) >= 11 is 0. The van der Waals surface area contributed by atoms with E-state index < -0.39 is 0 Å². The smallest absolute Gasteiger partial charge is 0.278 e. The van der Waals surface area contributed by atoms with Crippen LogP contribution in [0.4, 0.5) is 10.1 Å². The summed E-state index contributed by atoms with van der Waals surface area (Å²) in [6, 6.07) is 14.2. The Morgan fingerprint density at radius 2 is 1.78 bits per heavy atom. The Hall–Kier alpha value is -2.60. The van der Waals surface area contributed by atoms with Gasteiger partial charge in [-0.25, -0.2) is 4.39 Å². The maximum atomic E-state index is 12.9. The van der Waals surface area contributed by atoms with E-state index in [1.807, 2.05) is 19.1 Å². The summed E-state index contributed by atoms with van der Waals surface area (Å²) in [6.07, 6.45) is 0. The molecule has 0 unspecified atom stereocenters. The molecule has 0 radical (unpaired) electrons. The molecule has 1 heterocycles. The molecular weight excluding hydrogens is 345 g/mol. The Labute approximate surface area is 159 Å². The number of piperazine rings is 1. The van der Waals surface area contributed by atoms with E-state index in [0.29, 0.717) is 6.54 Å². The van der Waals surface area contributed by atoms with Crippen molar-refractivity contribution in [3.05, 3.63) is 59.9 Å². The highest BCUT2D eigenvalue weighted by Gasteiger charge is 2.29. The standard InChI is InChI=1S/C21H26FN3O2/c1-16(21(26)23-15-17-3-5-18(22)6-4-17)24-11-13-25(14-12-24)19-7-9-20(27-2)10-8-19/h3-10,16H,11-15H2,1-2H3,(H,23,26)/p+1/t16-/m0/s1. The predicted octanol–water partition coefficient (Wildman–Crippen LogP) is 1.24. The van der Waals surface area contributed by atoms with Gasteiger partial charge in [-0.15, -0.1) is 0 Å². The molecule has 1 amide bonds. The van der Waals surface area contributed by atoms with Crippen molar-refractivity contribution in [2.45, 2.75) is 19.5 Å². The summed E-state index contributed by atoms with van der Waals surface area (Å²) < 4.78 is 18.2. The zero-order valence-electron chi connectivity index (χ0n) is 15.9. The van der Waals surface area contributed by atoms with Crippen LogP contribution >= 0.6 is 0 Å². The minimum atomic E-state index is -0.266. The highest BCUT2D eigenvalue weighted by Crippen LogP contribution is 2.19. The second-order valence-electron chi connectivity index (χ2n) is 6.91. The molecule has 2 aromatic rings. The van der Waals surface area contributed by atoms with Crippen LogP contribution in [0.25, 0.3) is 0 Å². The van der Waals surface area contributed by atoms with Gasteiger partial charge in [0.1, 0.15) is 11.6 Å². The first-order valence-corrected chi connectivity index (χ1v) is 9.32. The Morgan fingerprint density at radius 3 is 2.37 bits per heavy atom. The molecule has 27 heavy (non-hydrogen) atoms. The lowest BCUT2D eigenvalue weighted by molar-refractivity contribution is -0.914. The van der Waals surface area contributed by atoms with Crippen LogP contribution in [-0.4, -0.2) is 45.2 Å². The van der Waals surface area contributed by atoms with Gasteiger partial charge in [-0.05, 0) is 48.9 Å². The second-order valence-corrected chi connectivity index (χ2v) is 6.91. The lowest BCUT2D eigenvalue weighted by Crippen LogP contribution is -3.19. The molecular formula is C21H27FN3O2+. The van der Waals surface area contributed by atoms with Crippen LogP contribution in [-0.2, 0) is 11.3 Å². The molecule has 0 saturated carbocycles. The number of anilines is 1. The first-order chi connectivity index (χ1) is 13.1. The molecule has 2 aromatic carbocycles. The van der Waals surface area contributed by atoms with Gasteiger partial charge in [-0.3, -0.25) is 4.79 Å². The fourth-order valence-electron chi connectivity index (χ4n) is 3.41. The van der Waals surface area contributed by atoms with Crippen molar-refractivity contribution in [2.75, 3.05) is 38.2 Å². The molecule has 144 valence electrons. The van der Waals surface area contributed by atoms with Crippen LogP contribution in [0.5, 0.6) is 5.75 Å². The van der Waals surface area contributed by atoms with E-state index in [2.05, 4.69) is 22.3 Å². The van der Waals surface area contributed by atoms with Gasteiger partial charge in [-0.2, -0.15) is 0 Å². The van der Waals surface area contributed by atoms with Crippen LogP contribution in [0.1, 0.15) is 12.5 Å². The van der Waals surface area contributed by atoms with Crippen LogP contribution in [0.3, 0.4) is 0 Å². The first-order valence-electron chi connectivity index (χ1n) is 9.32. The van der Waals surface area contributed by atoms with Crippen molar-refractivity contribution in [1.29, 1.82) is 0 Å². The second kappa shape index (κ2) is 8.86. The van der Waals surface area contributed by atoms with Crippen molar-refractivity contribution in [1.82, 2.24) is 5.32 Å². The summed E-state index contributed by atoms with van der Waals surface area (Å²) in [4.78, 5) is 16.1. The third-order valence-electron chi connectivity index (χ3n) is 5.23. The molecule has 3 rings (SSSR count). The topological polar surface area (TPSA) is 46.0 Å². The molecule has 1 aliphatic rings. The predicted molar refractivity (Wildman–Crippen MR) is 104 cm³/mol. The summed E-state index contributed by atoms with van der Waals surface area (Å²) in [5.74, 6) is 0.624. The van der Waals surface area contributed by atoms with E-state index >= 15 is 0 Å². The maximum absolute atomic E-state index is 12.9. The molecule has 0 spiro atoms. The van der Waals surface area contributed by atoms with E-state index in [1.165, 1.54) is 22.7 Å².